The lowest BCUT2D eigenvalue weighted by Gasteiger charge is -2.20. The molecule has 4 heteroatoms. The molecule has 0 unspecified atom stereocenters. The highest BCUT2D eigenvalue weighted by atomic mass is 16.5. The monoisotopic (exact) mass is 259 g/mol. The highest BCUT2D eigenvalue weighted by Crippen LogP contribution is 2.29. The first-order chi connectivity index (χ1) is 9.05. The average Bonchev–Trinajstić information content (AvgIpc) is 2.90. The zero-order valence-electron chi connectivity index (χ0n) is 11.8. The molecule has 2 N–H and O–H groups in total. The van der Waals surface area contributed by atoms with Gasteiger partial charge >= 0.3 is 0 Å². The molecule has 19 heavy (non-hydrogen) atoms. The van der Waals surface area contributed by atoms with Gasteiger partial charge in [-0.2, -0.15) is 4.98 Å². The Morgan fingerprint density at radius 1 is 1.26 bits per heavy atom. The van der Waals surface area contributed by atoms with E-state index in [1.807, 2.05) is 18.2 Å². The van der Waals surface area contributed by atoms with Gasteiger partial charge in [0.25, 0.3) is 0 Å². The first-order valence-corrected chi connectivity index (χ1v) is 6.71. The van der Waals surface area contributed by atoms with Crippen LogP contribution in [0, 0.1) is 0 Å². The average molecular weight is 259 g/mol. The normalized spacial score (nSPS) is 13.5. The Labute approximate surface area is 114 Å². The molecular weight excluding hydrogens is 238 g/mol. The summed E-state index contributed by atoms with van der Waals surface area (Å²) in [6.45, 7) is 6.26. The third kappa shape index (κ3) is 2.84. The highest BCUT2D eigenvalue weighted by molar-refractivity contribution is 5.30. The van der Waals surface area contributed by atoms with E-state index in [-0.39, 0.29) is 11.5 Å². The van der Waals surface area contributed by atoms with Crippen LogP contribution >= 0.6 is 0 Å². The molecule has 0 radical (unpaired) electrons. The number of benzene rings is 1. The molecule has 0 saturated heterocycles. The molecule has 0 amide bonds. The van der Waals surface area contributed by atoms with Crippen LogP contribution in [0.1, 0.15) is 56.9 Å². The van der Waals surface area contributed by atoms with Crippen LogP contribution in [0.4, 0.5) is 0 Å². The zero-order valence-corrected chi connectivity index (χ0v) is 11.8. The summed E-state index contributed by atoms with van der Waals surface area (Å²) in [5, 5.41) is 4.10. The number of aromatic nitrogens is 2. The number of nitrogens with zero attached hydrogens (tertiary/aromatic N) is 2. The van der Waals surface area contributed by atoms with E-state index in [0.29, 0.717) is 11.7 Å². The minimum absolute atomic E-state index is 0.169. The van der Waals surface area contributed by atoms with Gasteiger partial charge < -0.3 is 10.3 Å². The summed E-state index contributed by atoms with van der Waals surface area (Å²) < 4.78 is 5.30. The molecule has 0 aliphatic carbocycles. The van der Waals surface area contributed by atoms with Gasteiger partial charge in [0.15, 0.2) is 5.82 Å². The van der Waals surface area contributed by atoms with Crippen LogP contribution < -0.4 is 5.73 Å². The van der Waals surface area contributed by atoms with E-state index in [2.05, 4.69) is 43.0 Å². The third-order valence-electron chi connectivity index (χ3n) is 3.41. The van der Waals surface area contributed by atoms with Crippen molar-refractivity contribution in [3.63, 3.8) is 0 Å². The van der Waals surface area contributed by atoms with Crippen molar-refractivity contribution in [3.05, 3.63) is 47.6 Å². The van der Waals surface area contributed by atoms with Gasteiger partial charge in [-0.05, 0) is 25.8 Å². The van der Waals surface area contributed by atoms with Crippen molar-refractivity contribution in [1.29, 1.82) is 0 Å². The number of rotatable bonds is 5. The van der Waals surface area contributed by atoms with Gasteiger partial charge in [-0.3, -0.25) is 0 Å². The topological polar surface area (TPSA) is 64.9 Å². The SMILES string of the molecule is CCC[C@@H](N)c1nc(C(C)(C)c2ccccc2)no1. The van der Waals surface area contributed by atoms with Gasteiger partial charge in [-0.25, -0.2) is 0 Å². The maximum atomic E-state index is 6.00. The summed E-state index contributed by atoms with van der Waals surface area (Å²) in [5.41, 5.74) is 6.88. The quantitative estimate of drug-likeness (QED) is 0.895. The molecule has 102 valence electrons. The van der Waals surface area contributed by atoms with Crippen molar-refractivity contribution in [2.75, 3.05) is 0 Å². The van der Waals surface area contributed by atoms with E-state index >= 15 is 0 Å². The van der Waals surface area contributed by atoms with Gasteiger partial charge in [0.05, 0.1) is 11.5 Å². The fraction of sp³-hybridized carbons (Fsp3) is 0.467. The molecule has 1 aromatic heterocycles. The Balaban J connectivity index is 2.27. The van der Waals surface area contributed by atoms with Gasteiger partial charge in [0.1, 0.15) is 0 Å². The van der Waals surface area contributed by atoms with Gasteiger partial charge in [-0.15, -0.1) is 0 Å². The van der Waals surface area contributed by atoms with Crippen molar-refractivity contribution in [2.45, 2.75) is 45.1 Å². The van der Waals surface area contributed by atoms with Crippen LogP contribution in [-0.2, 0) is 5.41 Å². The van der Waals surface area contributed by atoms with E-state index in [1.165, 1.54) is 0 Å². The molecule has 2 aromatic rings. The van der Waals surface area contributed by atoms with Crippen LogP contribution in [0.5, 0.6) is 0 Å². The van der Waals surface area contributed by atoms with E-state index < -0.39 is 0 Å². The number of nitrogens with two attached hydrogens (primary N) is 1. The maximum absolute atomic E-state index is 6.00. The molecule has 0 aliphatic rings. The lowest BCUT2D eigenvalue weighted by molar-refractivity contribution is 0.340. The molecule has 0 spiro atoms. The minimum Gasteiger partial charge on any atom is -0.338 e. The van der Waals surface area contributed by atoms with Crippen molar-refractivity contribution >= 4 is 0 Å². The van der Waals surface area contributed by atoms with Crippen LogP contribution in [0.25, 0.3) is 0 Å². The summed E-state index contributed by atoms with van der Waals surface area (Å²) in [6, 6.07) is 10.0. The van der Waals surface area contributed by atoms with Crippen LogP contribution in [0.3, 0.4) is 0 Å². The predicted octanol–water partition coefficient (Wildman–Crippen LogP) is 3.20. The first kappa shape index (κ1) is 13.7. The third-order valence-corrected chi connectivity index (χ3v) is 3.41. The molecule has 0 saturated carbocycles. The van der Waals surface area contributed by atoms with Crippen LogP contribution in [0.15, 0.2) is 34.9 Å². The molecule has 2 rings (SSSR count). The Kier molecular flexibility index (Phi) is 4.00. The van der Waals surface area contributed by atoms with E-state index in [9.17, 15) is 0 Å². The summed E-state index contributed by atoms with van der Waals surface area (Å²) in [4.78, 5) is 4.47. The van der Waals surface area contributed by atoms with Crippen molar-refractivity contribution in [3.8, 4) is 0 Å². The second-order valence-corrected chi connectivity index (χ2v) is 5.34. The minimum atomic E-state index is -0.283. The molecule has 0 bridgehead atoms. The highest BCUT2D eigenvalue weighted by Gasteiger charge is 2.29. The lowest BCUT2D eigenvalue weighted by atomic mass is 9.84. The zero-order chi connectivity index (χ0) is 13.9. The molecule has 1 heterocycles. The van der Waals surface area contributed by atoms with E-state index in [1.54, 1.807) is 0 Å². The van der Waals surface area contributed by atoms with Gasteiger partial charge in [-0.1, -0.05) is 48.8 Å². The van der Waals surface area contributed by atoms with Crippen molar-refractivity contribution < 1.29 is 4.52 Å². The predicted molar refractivity (Wildman–Crippen MR) is 74.7 cm³/mol. The molecule has 1 aromatic carbocycles. The van der Waals surface area contributed by atoms with E-state index in [0.717, 1.165) is 18.4 Å². The number of hydrogen-bond donors (Lipinski definition) is 1. The molecule has 0 fully saturated rings. The standard InChI is InChI=1S/C15H21N3O/c1-4-8-12(16)13-17-14(18-19-13)15(2,3)11-9-6-5-7-10-11/h5-7,9-10,12H,4,8,16H2,1-3H3/t12-/m1/s1. The van der Waals surface area contributed by atoms with Gasteiger partial charge in [0.2, 0.25) is 5.89 Å². The second-order valence-electron chi connectivity index (χ2n) is 5.34. The molecule has 0 aliphatic heterocycles. The van der Waals surface area contributed by atoms with E-state index in [4.69, 9.17) is 10.3 Å². The maximum Gasteiger partial charge on any atom is 0.243 e. The molecule has 4 nitrogen and oxygen atoms in total. The Morgan fingerprint density at radius 3 is 2.58 bits per heavy atom. The fourth-order valence-corrected chi connectivity index (χ4v) is 2.06. The molecular formula is C15H21N3O. The van der Waals surface area contributed by atoms with Gasteiger partial charge in [0, 0.05) is 0 Å². The van der Waals surface area contributed by atoms with Crippen molar-refractivity contribution in [2.24, 2.45) is 5.73 Å². The largest absolute Gasteiger partial charge is 0.338 e. The lowest BCUT2D eigenvalue weighted by Crippen LogP contribution is -2.21. The Hall–Kier alpha value is -1.68. The summed E-state index contributed by atoms with van der Waals surface area (Å²) in [5.74, 6) is 1.21. The molecule has 1 atom stereocenters. The summed E-state index contributed by atoms with van der Waals surface area (Å²) in [6.07, 6.45) is 1.86. The number of hydrogen-bond acceptors (Lipinski definition) is 4. The van der Waals surface area contributed by atoms with Crippen LogP contribution in [-0.4, -0.2) is 10.1 Å². The smallest absolute Gasteiger partial charge is 0.243 e. The Bertz CT molecular complexity index is 519. The second kappa shape index (κ2) is 5.53. The summed E-state index contributed by atoms with van der Waals surface area (Å²) in [7, 11) is 0. The van der Waals surface area contributed by atoms with Crippen molar-refractivity contribution in [1.82, 2.24) is 10.1 Å². The Morgan fingerprint density at radius 2 is 1.95 bits per heavy atom. The first-order valence-electron chi connectivity index (χ1n) is 6.71. The van der Waals surface area contributed by atoms with Crippen LogP contribution in [0.2, 0.25) is 0 Å². The summed E-state index contributed by atoms with van der Waals surface area (Å²) >= 11 is 0. The fourth-order valence-electron chi connectivity index (χ4n) is 2.06.